The Kier molecular flexibility index (Phi) is 10.4. The maximum absolute atomic E-state index is 14.0. The van der Waals surface area contributed by atoms with Crippen LogP contribution in [0, 0.1) is 39.9 Å². The number of amides is 1. The topological polar surface area (TPSA) is 133 Å². The Balaban J connectivity index is 1.28. The number of carbonyl (C=O) groups excluding carboxylic acids is 3. The number of esters is 1. The van der Waals surface area contributed by atoms with Crippen LogP contribution in [-0.4, -0.2) is 64.3 Å². The van der Waals surface area contributed by atoms with Gasteiger partial charge in [-0.2, -0.15) is 11.8 Å². The molecular formula is C38H52N3O5S2+. The molecule has 10 heteroatoms. The summed E-state index contributed by atoms with van der Waals surface area (Å²) in [4.78, 5) is 39.9. The Morgan fingerprint density at radius 3 is 2.69 bits per heavy atom. The van der Waals surface area contributed by atoms with Gasteiger partial charge in [0.15, 0.2) is 5.60 Å². The second-order valence-electron chi connectivity index (χ2n) is 15.1. The summed E-state index contributed by atoms with van der Waals surface area (Å²) in [6.45, 7) is 6.98. The first-order valence-corrected chi connectivity index (χ1v) is 20.1. The quantitative estimate of drug-likeness (QED) is 0.0999. The number of hydrogen-bond acceptors (Lipinski definition) is 8. The van der Waals surface area contributed by atoms with Gasteiger partial charge < -0.3 is 20.6 Å². The minimum Gasteiger partial charge on any atom is -0.449 e. The molecule has 0 bridgehead atoms. The van der Waals surface area contributed by atoms with Crippen LogP contribution in [0.4, 0.5) is 5.69 Å². The summed E-state index contributed by atoms with van der Waals surface area (Å²) in [5.74, 6) is 1.36. The van der Waals surface area contributed by atoms with Crippen molar-refractivity contribution in [1.29, 1.82) is 5.41 Å². The Labute approximate surface area is 293 Å². The van der Waals surface area contributed by atoms with Gasteiger partial charge in [0.25, 0.3) is 5.91 Å². The Morgan fingerprint density at radius 1 is 1.19 bits per heavy atom. The predicted octanol–water partition coefficient (Wildman–Crippen LogP) is 5.78. The number of quaternary nitrogens is 1. The second kappa shape index (κ2) is 14.1. The third-order valence-electron chi connectivity index (χ3n) is 12.3. The first kappa shape index (κ1) is 35.4. The summed E-state index contributed by atoms with van der Waals surface area (Å²) in [6.07, 6.45) is 11.9. The third kappa shape index (κ3) is 6.24. The number of allylic oxidation sites excluding steroid dienone is 3. The normalized spacial score (nSPS) is 34.2. The van der Waals surface area contributed by atoms with E-state index in [0.717, 1.165) is 61.2 Å². The molecule has 4 saturated carbocycles. The number of rotatable bonds is 11. The average molecular weight is 695 g/mol. The molecule has 7 unspecified atom stereocenters. The van der Waals surface area contributed by atoms with Crippen LogP contribution in [0.3, 0.4) is 0 Å². The number of carbonyl (C=O) groups is 3. The lowest BCUT2D eigenvalue weighted by Gasteiger charge is -2.57. The van der Waals surface area contributed by atoms with Crippen LogP contribution in [0.1, 0.15) is 88.9 Å². The number of nitrogens with two attached hydrogens (primary N) is 1. The Morgan fingerprint density at radius 2 is 1.98 bits per heavy atom. The van der Waals surface area contributed by atoms with Crippen molar-refractivity contribution in [2.24, 2.45) is 34.5 Å². The molecule has 260 valence electrons. The van der Waals surface area contributed by atoms with E-state index in [4.69, 9.17) is 10.1 Å². The zero-order chi connectivity index (χ0) is 34.3. The Hall–Kier alpha value is -2.40. The summed E-state index contributed by atoms with van der Waals surface area (Å²) in [5, 5.41) is 25.7. The van der Waals surface area contributed by atoms with Crippen molar-refractivity contribution in [2.45, 2.75) is 90.3 Å². The standard InChI is InChI=1S/C38H51N3O5S2/c1-5-48-35(45)38(46-34(44)23-12-13-23)15-14-29-28-11-7-9-26-19-30(41-27-10-6-8-24(18-27)33(43)40-16-17-47-4)25(22-39)20-36(26,2)32(28)31(42)21-37(29,38)3/h6,8,10,18-19,22-23,28-29,31-32,39,41-42H,5,7,9,11-17,20-21H2,1-4H3,(H,40,43)/p+1. The minimum absolute atomic E-state index is 0.0296. The molecular weight excluding hydrogens is 643 g/mol. The number of ether oxygens (including phenoxy) is 1. The SMILES string of the molecule is CCSC(=O)C1(OC(=O)C2CC2)CCC2C3CCCC4=CC([NH2+]c5cccc(C(=O)NCCSC)c5)=C(C=N)CC4(C)C3C(O)CC21C. The summed E-state index contributed by atoms with van der Waals surface area (Å²) in [6, 6.07) is 7.63. The van der Waals surface area contributed by atoms with E-state index in [1.54, 1.807) is 11.8 Å². The van der Waals surface area contributed by atoms with Crippen molar-refractivity contribution in [3.05, 3.63) is 52.7 Å². The molecule has 48 heavy (non-hydrogen) atoms. The Bertz CT molecular complexity index is 1520. The van der Waals surface area contributed by atoms with Gasteiger partial charge in [-0.25, -0.2) is 0 Å². The van der Waals surface area contributed by atoms with Gasteiger partial charge in [-0.3, -0.25) is 19.7 Å². The van der Waals surface area contributed by atoms with Crippen LogP contribution in [0.2, 0.25) is 0 Å². The summed E-state index contributed by atoms with van der Waals surface area (Å²) >= 11 is 2.95. The highest BCUT2D eigenvalue weighted by atomic mass is 32.2. The van der Waals surface area contributed by atoms with Crippen molar-refractivity contribution in [2.75, 3.05) is 24.3 Å². The van der Waals surface area contributed by atoms with E-state index >= 15 is 0 Å². The highest BCUT2D eigenvalue weighted by molar-refractivity contribution is 8.13. The highest BCUT2D eigenvalue weighted by Crippen LogP contribution is 2.68. The highest BCUT2D eigenvalue weighted by Gasteiger charge is 2.70. The molecule has 0 saturated heterocycles. The summed E-state index contributed by atoms with van der Waals surface area (Å²) < 4.78 is 6.35. The van der Waals surface area contributed by atoms with E-state index < -0.39 is 17.1 Å². The van der Waals surface area contributed by atoms with Gasteiger partial charge >= 0.3 is 5.97 Å². The molecule has 1 aromatic rings. The van der Waals surface area contributed by atoms with Gasteiger partial charge in [0.1, 0.15) is 11.4 Å². The van der Waals surface area contributed by atoms with Crippen molar-refractivity contribution in [3.63, 3.8) is 0 Å². The zero-order valence-corrected chi connectivity index (χ0v) is 30.4. The number of fused-ring (bicyclic) bond motifs is 5. The van der Waals surface area contributed by atoms with Crippen LogP contribution in [0.5, 0.6) is 0 Å². The fourth-order valence-corrected chi connectivity index (χ4v) is 11.0. The molecule has 8 nitrogen and oxygen atoms in total. The zero-order valence-electron chi connectivity index (χ0n) is 28.8. The molecule has 1 aromatic carbocycles. The van der Waals surface area contributed by atoms with E-state index in [1.807, 2.05) is 37.4 Å². The number of aliphatic hydroxyl groups is 1. The maximum Gasteiger partial charge on any atom is 0.309 e. The van der Waals surface area contributed by atoms with Crippen LogP contribution in [0.25, 0.3) is 0 Å². The first-order chi connectivity index (χ1) is 23.0. The lowest BCUT2D eigenvalue weighted by molar-refractivity contribution is -0.513. The number of thioether (sulfide) groups is 2. The van der Waals surface area contributed by atoms with Crippen molar-refractivity contribution >= 4 is 52.4 Å². The lowest BCUT2D eigenvalue weighted by Crippen LogP contribution is -2.76. The van der Waals surface area contributed by atoms with Gasteiger partial charge in [-0.05, 0) is 111 Å². The molecule has 5 N–H and O–H groups in total. The molecule has 6 rings (SSSR count). The molecule has 0 aromatic heterocycles. The van der Waals surface area contributed by atoms with Crippen LogP contribution in [-0.2, 0) is 14.3 Å². The van der Waals surface area contributed by atoms with E-state index in [0.29, 0.717) is 37.1 Å². The number of nitrogens with one attached hydrogen (secondary N) is 2. The molecule has 5 aliphatic rings. The van der Waals surface area contributed by atoms with Gasteiger partial charge in [-0.1, -0.05) is 44.2 Å². The number of benzene rings is 1. The summed E-state index contributed by atoms with van der Waals surface area (Å²) in [5.41, 5.74) is 2.57. The van der Waals surface area contributed by atoms with Crippen LogP contribution in [0.15, 0.2) is 47.2 Å². The minimum atomic E-state index is -1.20. The third-order valence-corrected chi connectivity index (χ3v) is 13.8. The number of hydrogen-bond donors (Lipinski definition) is 4. The van der Waals surface area contributed by atoms with Crippen molar-refractivity contribution in [1.82, 2.24) is 5.32 Å². The van der Waals surface area contributed by atoms with E-state index in [1.165, 1.54) is 23.5 Å². The number of aliphatic hydroxyl groups excluding tert-OH is 1. The molecule has 0 aliphatic heterocycles. The first-order valence-electron chi connectivity index (χ1n) is 17.8. The lowest BCUT2D eigenvalue weighted by atomic mass is 9.49. The molecule has 0 radical (unpaired) electrons. The summed E-state index contributed by atoms with van der Waals surface area (Å²) in [7, 11) is 0. The predicted molar refractivity (Wildman–Crippen MR) is 192 cm³/mol. The molecule has 0 heterocycles. The largest absolute Gasteiger partial charge is 0.449 e. The van der Waals surface area contributed by atoms with Gasteiger partial charge in [-0.15, -0.1) is 0 Å². The smallest absolute Gasteiger partial charge is 0.309 e. The van der Waals surface area contributed by atoms with Gasteiger partial charge in [0.05, 0.1) is 12.0 Å². The van der Waals surface area contributed by atoms with Crippen LogP contribution < -0.4 is 10.6 Å². The fourth-order valence-electron chi connectivity index (χ4n) is 9.87. The average Bonchev–Trinajstić information content (AvgIpc) is 3.88. The van der Waals surface area contributed by atoms with Crippen molar-refractivity contribution in [3.8, 4) is 0 Å². The van der Waals surface area contributed by atoms with E-state index in [9.17, 15) is 19.5 Å². The van der Waals surface area contributed by atoms with Gasteiger partial charge in [0.2, 0.25) is 5.12 Å². The van der Waals surface area contributed by atoms with Crippen molar-refractivity contribution < 1.29 is 29.5 Å². The van der Waals surface area contributed by atoms with Gasteiger partial charge in [0, 0.05) is 41.1 Å². The molecule has 5 aliphatic carbocycles. The monoisotopic (exact) mass is 694 g/mol. The second-order valence-corrected chi connectivity index (χ2v) is 17.3. The molecule has 4 fully saturated rings. The van der Waals surface area contributed by atoms with E-state index in [-0.39, 0.29) is 46.1 Å². The van der Waals surface area contributed by atoms with E-state index in [2.05, 4.69) is 30.6 Å². The molecule has 7 atom stereocenters. The molecule has 0 spiro atoms. The maximum atomic E-state index is 14.0. The fraction of sp³-hybridized carbons (Fsp3) is 0.632. The molecule has 1 amide bonds. The van der Waals surface area contributed by atoms with Crippen LogP contribution >= 0.6 is 23.5 Å².